The van der Waals surface area contributed by atoms with E-state index in [1.807, 2.05) is 31.3 Å². The zero-order valence-corrected chi connectivity index (χ0v) is 32.6. The van der Waals surface area contributed by atoms with Crippen molar-refractivity contribution in [1.29, 1.82) is 0 Å². The minimum absolute atomic E-state index is 0.0917. The highest BCUT2D eigenvalue weighted by atomic mass is 35.5. The summed E-state index contributed by atoms with van der Waals surface area (Å²) in [5.41, 5.74) is 11.4. The van der Waals surface area contributed by atoms with Crippen LogP contribution in [0.15, 0.2) is 53.2 Å². The third kappa shape index (κ3) is 8.37. The molecule has 4 aliphatic rings. The predicted octanol–water partition coefficient (Wildman–Crippen LogP) is 7.21. The smallest absolute Gasteiger partial charge is 0.260 e. The van der Waals surface area contributed by atoms with E-state index in [4.69, 9.17) is 22.1 Å². The van der Waals surface area contributed by atoms with Crippen molar-refractivity contribution in [3.8, 4) is 5.75 Å². The number of aryl methyl sites for hydroxylation is 1. The Morgan fingerprint density at radius 3 is 2.75 bits per heavy atom. The summed E-state index contributed by atoms with van der Waals surface area (Å²) in [6.45, 7) is 10.9. The molecule has 8 nitrogen and oxygen atoms in total. The Morgan fingerprint density at radius 2 is 2.02 bits per heavy atom. The van der Waals surface area contributed by atoms with Crippen molar-refractivity contribution in [2.24, 2.45) is 28.5 Å². The molecule has 0 spiro atoms. The number of nitrogens with zero attached hydrogens (tertiary/aromatic N) is 3. The third-order valence-corrected chi connectivity index (χ3v) is 14.3. The molecule has 2 aromatic rings. The number of β-amino-alcohol motifs (C(OH)–C–C–N with tert-alkyl or cyclic N) is 1. The Kier molecular flexibility index (Phi) is 12.2. The van der Waals surface area contributed by atoms with E-state index in [0.717, 1.165) is 98.7 Å². The number of benzene rings is 2. The first-order chi connectivity index (χ1) is 24.5. The van der Waals surface area contributed by atoms with E-state index in [2.05, 4.69) is 58.3 Å². The number of aliphatic hydroxyl groups is 1. The molecule has 2 bridgehead atoms. The van der Waals surface area contributed by atoms with E-state index < -0.39 is 16.3 Å². The summed E-state index contributed by atoms with van der Waals surface area (Å²) in [5, 5.41) is 13.8. The van der Waals surface area contributed by atoms with Crippen molar-refractivity contribution in [1.82, 2.24) is 9.62 Å². The van der Waals surface area contributed by atoms with Gasteiger partial charge in [-0.15, -0.1) is 0 Å². The van der Waals surface area contributed by atoms with E-state index in [1.54, 1.807) is 6.20 Å². The van der Waals surface area contributed by atoms with Gasteiger partial charge < -0.3 is 25.2 Å². The van der Waals surface area contributed by atoms with Crippen LogP contribution in [0.5, 0.6) is 5.75 Å². The molecule has 278 valence electrons. The number of nitrogens with one attached hydrogen (secondary N) is 1. The highest BCUT2D eigenvalue weighted by Crippen LogP contribution is 2.47. The molecule has 6 rings (SSSR count). The molecule has 3 heterocycles. The number of nitrogens with two attached hydrogens (primary N) is 1. The molecule has 2 fully saturated rings. The average Bonchev–Trinajstić information content (AvgIpc) is 3.28. The van der Waals surface area contributed by atoms with Crippen LogP contribution in [0.4, 0.5) is 5.69 Å². The second kappa shape index (κ2) is 16.4. The lowest BCUT2D eigenvalue weighted by atomic mass is 9.62. The number of fused-ring (bicyclic) bond motifs is 2. The Morgan fingerprint density at radius 1 is 1.20 bits per heavy atom. The van der Waals surface area contributed by atoms with Gasteiger partial charge in [-0.1, -0.05) is 67.8 Å². The number of likely N-dealkylation sites (tertiary alicyclic amines) is 1. The van der Waals surface area contributed by atoms with Gasteiger partial charge in [0.2, 0.25) is 0 Å². The van der Waals surface area contributed by atoms with Crippen LogP contribution in [0.2, 0.25) is 5.02 Å². The second-order valence-corrected chi connectivity index (χ2v) is 17.7. The maximum atomic E-state index is 13.7. The van der Waals surface area contributed by atoms with E-state index >= 15 is 0 Å². The number of piperidine rings is 1. The molecule has 0 aromatic heterocycles. The third-order valence-electron chi connectivity index (χ3n) is 12.2. The quantitative estimate of drug-likeness (QED) is 0.281. The number of hydrogen-bond donors (Lipinski definition) is 3. The predicted molar refractivity (Wildman–Crippen MR) is 215 cm³/mol. The number of carbonyl (C=O) groups excluding carboxylic acids is 1. The molecular formula is C41H58ClN5O3S. The summed E-state index contributed by atoms with van der Waals surface area (Å²) in [6, 6.07) is 12.1. The summed E-state index contributed by atoms with van der Waals surface area (Å²) < 4.78 is 9.83. The van der Waals surface area contributed by atoms with Gasteiger partial charge in [0.1, 0.15) is 5.75 Å². The van der Waals surface area contributed by atoms with Gasteiger partial charge in [-0.2, -0.15) is 0 Å². The number of ether oxygens (including phenoxy) is 1. The Labute approximate surface area is 312 Å². The highest BCUT2D eigenvalue weighted by Gasteiger charge is 2.48. The van der Waals surface area contributed by atoms with Crippen LogP contribution >= 0.6 is 22.3 Å². The summed E-state index contributed by atoms with van der Waals surface area (Å²) in [7, 11) is 1.28. The van der Waals surface area contributed by atoms with Gasteiger partial charge in [0.15, 0.2) is 0 Å². The maximum Gasteiger partial charge on any atom is 0.260 e. The van der Waals surface area contributed by atoms with Gasteiger partial charge in [-0.25, -0.2) is 0 Å². The molecule has 7 atom stereocenters. The zero-order chi connectivity index (χ0) is 36.3. The van der Waals surface area contributed by atoms with Crippen molar-refractivity contribution in [2.75, 3.05) is 51.3 Å². The van der Waals surface area contributed by atoms with Crippen molar-refractivity contribution < 1.29 is 14.6 Å². The summed E-state index contributed by atoms with van der Waals surface area (Å²) >= 11 is 6.49. The maximum absolute atomic E-state index is 13.7. The lowest BCUT2D eigenvalue weighted by molar-refractivity contribution is -0.104. The van der Waals surface area contributed by atoms with Crippen LogP contribution < -0.4 is 20.1 Å². The van der Waals surface area contributed by atoms with Crippen LogP contribution in [0, 0.1) is 17.8 Å². The summed E-state index contributed by atoms with van der Waals surface area (Å²) in [6.07, 6.45) is 9.24. The van der Waals surface area contributed by atoms with Gasteiger partial charge >= 0.3 is 0 Å². The molecule has 4 N–H and O–H groups in total. The minimum atomic E-state index is -0.830. The summed E-state index contributed by atoms with van der Waals surface area (Å²) in [5.74, 6) is 6.05. The van der Waals surface area contributed by atoms with Gasteiger partial charge in [0, 0.05) is 61.5 Å². The van der Waals surface area contributed by atoms with Gasteiger partial charge in [0.05, 0.1) is 23.6 Å². The molecule has 1 saturated carbocycles. The SMILES string of the molecule is C=S1NC(=O)c2ccc3c(c2)N(CC(c2ccc(Cl)cc2CCC)CO3)CC2CCC2C(O)(CN2CCC(=CN)C(=NC)C2)CCCC(C)C1C. The molecule has 1 saturated heterocycles. The number of amides is 1. The molecule has 10 heteroatoms. The number of hydrogen-bond acceptors (Lipinski definition) is 7. The Bertz CT molecular complexity index is 1660. The van der Waals surface area contributed by atoms with Crippen LogP contribution in [0.25, 0.3) is 0 Å². The van der Waals surface area contributed by atoms with Crippen LogP contribution in [0.3, 0.4) is 0 Å². The molecule has 2 aromatic carbocycles. The van der Waals surface area contributed by atoms with E-state index in [9.17, 15) is 9.90 Å². The fraction of sp³-hybridized carbons (Fsp3) is 0.585. The minimum Gasteiger partial charge on any atom is -0.491 e. The molecule has 7 unspecified atom stereocenters. The number of halogens is 1. The Balaban J connectivity index is 1.36. The fourth-order valence-corrected chi connectivity index (χ4v) is 10.3. The molecule has 1 amide bonds. The first kappa shape index (κ1) is 37.9. The second-order valence-electron chi connectivity index (χ2n) is 15.5. The number of carbonyl (C=O) groups is 1. The molecule has 51 heavy (non-hydrogen) atoms. The van der Waals surface area contributed by atoms with Gasteiger partial charge in [0.25, 0.3) is 5.91 Å². The lowest BCUT2D eigenvalue weighted by Gasteiger charge is -2.51. The van der Waals surface area contributed by atoms with Crippen LogP contribution in [-0.2, 0) is 6.42 Å². The number of anilines is 1. The van der Waals surface area contributed by atoms with Crippen molar-refractivity contribution in [3.05, 3.63) is 69.9 Å². The zero-order valence-electron chi connectivity index (χ0n) is 31.0. The molecular weight excluding hydrogens is 678 g/mol. The monoisotopic (exact) mass is 735 g/mol. The lowest BCUT2D eigenvalue weighted by Crippen LogP contribution is -2.57. The largest absolute Gasteiger partial charge is 0.491 e. The number of aliphatic imine (C=N–C) groups is 1. The van der Waals surface area contributed by atoms with Crippen molar-refractivity contribution in [3.63, 3.8) is 0 Å². The van der Waals surface area contributed by atoms with Crippen LogP contribution in [-0.4, -0.2) is 84.7 Å². The molecule has 3 aliphatic heterocycles. The van der Waals surface area contributed by atoms with Crippen LogP contribution in [0.1, 0.15) is 93.1 Å². The molecule has 0 radical (unpaired) electrons. The normalized spacial score (nSPS) is 32.4. The first-order valence-electron chi connectivity index (χ1n) is 19.0. The summed E-state index contributed by atoms with van der Waals surface area (Å²) in [4.78, 5) is 23.1. The Hall–Kier alpha value is -2.85. The number of rotatable bonds is 5. The van der Waals surface area contributed by atoms with Crippen molar-refractivity contribution >= 4 is 45.4 Å². The topological polar surface area (TPSA) is 103 Å². The van der Waals surface area contributed by atoms with E-state index in [1.165, 1.54) is 11.1 Å². The highest BCUT2D eigenvalue weighted by molar-refractivity contribution is 8.13. The average molecular weight is 736 g/mol. The standard InChI is InChI=1S/C41H58ClN5O3S/c1-6-8-29-19-34(42)12-13-35(29)33-23-47-22-32-10-14-36(32)41(49,26-46-18-16-31(21-43)37(24-46)44-4)17-7-9-27(2)28(3)51(5)45-40(48)30-11-15-39(50-25-33)38(47)20-30/h11-13,15,19-21,27-28,32-33,36,49H,5-10,14,16-18,22-26,43H2,1-4H3,(H,45,48). The fourth-order valence-electron chi connectivity index (χ4n) is 8.86. The van der Waals surface area contributed by atoms with Gasteiger partial charge in [-0.3, -0.25) is 14.7 Å². The first-order valence-corrected chi connectivity index (χ1v) is 20.8. The molecule has 1 aliphatic carbocycles. The van der Waals surface area contributed by atoms with Gasteiger partial charge in [-0.05, 0) is 110 Å². The van der Waals surface area contributed by atoms with Crippen molar-refractivity contribution in [2.45, 2.75) is 88.9 Å². The van der Waals surface area contributed by atoms with E-state index in [-0.39, 0.29) is 23.0 Å². The van der Waals surface area contributed by atoms with E-state index in [0.29, 0.717) is 37.1 Å².